The van der Waals surface area contributed by atoms with Gasteiger partial charge in [-0.3, -0.25) is 0 Å². The molecule has 2 nitrogen and oxygen atoms in total. The molecule has 0 amide bonds. The van der Waals surface area contributed by atoms with Crippen LogP contribution in [0.1, 0.15) is 20.8 Å². The molecule has 2 aromatic carbocycles. The van der Waals surface area contributed by atoms with E-state index in [1.54, 1.807) is 12.2 Å². The number of fused-ring (bicyclic) bond motifs is 1. The first-order valence-corrected chi connectivity index (χ1v) is 7.63. The Hall–Kier alpha value is -1.52. The Balaban J connectivity index is -0.000000177. The predicted molar refractivity (Wildman–Crippen MR) is 122 cm³/mol. The van der Waals surface area contributed by atoms with Gasteiger partial charge in [0.1, 0.15) is 0 Å². The molecule has 27 heavy (non-hydrogen) atoms. The van der Waals surface area contributed by atoms with Crippen LogP contribution in [0.3, 0.4) is 0 Å². The molecular weight excluding hydrogens is 380 g/mol. The van der Waals surface area contributed by atoms with Crippen molar-refractivity contribution in [1.29, 1.82) is 0 Å². The van der Waals surface area contributed by atoms with Gasteiger partial charge in [0.2, 0.25) is 0 Å². The summed E-state index contributed by atoms with van der Waals surface area (Å²) in [5.41, 5.74) is 7.94. The summed E-state index contributed by atoms with van der Waals surface area (Å²) in [6.45, 7) is 12.3. The van der Waals surface area contributed by atoms with E-state index in [9.17, 15) is 0 Å². The summed E-state index contributed by atoms with van der Waals surface area (Å²) in [5, 5.41) is 2.61. The molecule has 0 spiro atoms. The molecule has 3 rings (SSSR count). The molecule has 0 aliphatic heterocycles. The van der Waals surface area contributed by atoms with Crippen molar-refractivity contribution < 1.29 is 21.7 Å². The van der Waals surface area contributed by atoms with Crippen molar-refractivity contribution in [2.45, 2.75) is 26.3 Å². The second-order valence-electron chi connectivity index (χ2n) is 6.12. The first kappa shape index (κ1) is 33.1. The molecule has 0 aliphatic carbocycles. The first-order chi connectivity index (χ1) is 10.9. The third-order valence-corrected chi connectivity index (χ3v) is 2.71. The average Bonchev–Trinajstić information content (AvgIpc) is 3.14. The molecule has 0 saturated heterocycles. The summed E-state index contributed by atoms with van der Waals surface area (Å²) in [6.07, 6.45) is 7.42. The van der Waals surface area contributed by atoms with Gasteiger partial charge in [0.15, 0.2) is 0 Å². The first-order valence-electron chi connectivity index (χ1n) is 7.63. The van der Waals surface area contributed by atoms with Gasteiger partial charge in [-0.05, 0) is 24.5 Å². The number of rotatable bonds is 2. The number of nitrogens with zero attached hydrogens (tertiary/aromatic N) is 1. The maximum atomic E-state index is 6.94. The minimum Gasteiger partial charge on any atom is -0.673 e. The van der Waals surface area contributed by atoms with Crippen LogP contribution in [0, 0.1) is 14.9 Å². The average molecular weight is 412 g/mol. The predicted octanol–water partition coefficient (Wildman–Crippen LogP) is 7.06. The third-order valence-electron chi connectivity index (χ3n) is 2.71. The van der Waals surface area contributed by atoms with Crippen LogP contribution in [0.5, 0.6) is 0 Å². The van der Waals surface area contributed by atoms with Gasteiger partial charge in [-0.15, -0.1) is 46.6 Å². The Morgan fingerprint density at radius 2 is 1.41 bits per heavy atom. The van der Waals surface area contributed by atoms with Crippen molar-refractivity contribution >= 4 is 21.7 Å². The van der Waals surface area contributed by atoms with Gasteiger partial charge in [0, 0.05) is 11.0 Å². The van der Waals surface area contributed by atoms with Crippen LogP contribution >= 0.6 is 0 Å². The number of nitrogens with one attached hydrogen (secondary N) is 1. The second kappa shape index (κ2) is 16.6. The standard InChI is InChI=1S/C13H10N.C4H10N.C4H6.2CH3.Si.Ti/c1-2-6-12-11(5-1)7-8-13(12)14-9-3-4-10-14;1-4(2,3)5;1-3-4-2;;;;/h1-10H;5H,1-3H3;3-4H,1-2H2;2*1H3;;/q2*-1;;2*-1;;+4. The zero-order valence-electron chi connectivity index (χ0n) is 17.3. The van der Waals surface area contributed by atoms with Crippen LogP contribution in [0.2, 0.25) is 0 Å². The Morgan fingerprint density at radius 3 is 1.85 bits per heavy atom. The molecule has 0 saturated carbocycles. The normalized spacial score (nSPS) is 8.59. The van der Waals surface area contributed by atoms with E-state index in [2.05, 4.69) is 66.5 Å². The number of aromatic nitrogens is 1. The van der Waals surface area contributed by atoms with Crippen molar-refractivity contribution in [3.05, 3.63) is 107 Å². The molecule has 1 aromatic heterocycles. The van der Waals surface area contributed by atoms with Crippen LogP contribution in [-0.4, -0.2) is 21.1 Å². The second-order valence-corrected chi connectivity index (χ2v) is 6.12. The van der Waals surface area contributed by atoms with Crippen molar-refractivity contribution in [2.75, 3.05) is 0 Å². The number of benzene rings is 1. The van der Waals surface area contributed by atoms with E-state index in [1.165, 1.54) is 16.5 Å². The topological polar surface area (TPSA) is 28.7 Å². The SMILES string of the molecule is C=CC=C.CC(C)(C)[NH-].[CH3-].[CH3-].[Si].[Ti+4].c1ccc2c(-n3cccc3)c[cH-]c2c1. The van der Waals surface area contributed by atoms with E-state index in [0.29, 0.717) is 0 Å². The van der Waals surface area contributed by atoms with Gasteiger partial charge < -0.3 is 25.2 Å². The minimum atomic E-state index is -0.250. The summed E-state index contributed by atoms with van der Waals surface area (Å²) in [7, 11) is 0. The van der Waals surface area contributed by atoms with Crippen molar-refractivity contribution in [1.82, 2.24) is 4.57 Å². The summed E-state index contributed by atoms with van der Waals surface area (Å²) < 4.78 is 2.14. The fourth-order valence-corrected chi connectivity index (χ4v) is 1.85. The smallest absolute Gasteiger partial charge is 0.673 e. The summed E-state index contributed by atoms with van der Waals surface area (Å²) >= 11 is 0. The molecule has 142 valence electrons. The number of hydrogen-bond acceptors (Lipinski definition) is 0. The van der Waals surface area contributed by atoms with Crippen LogP contribution in [0.15, 0.2) is 86.2 Å². The molecule has 0 unspecified atom stereocenters. The molecule has 0 aliphatic rings. The fraction of sp³-hybridized carbons (Fsp3) is 0.174. The third kappa shape index (κ3) is 13.3. The van der Waals surface area contributed by atoms with E-state index in [0.717, 1.165) is 0 Å². The van der Waals surface area contributed by atoms with Gasteiger partial charge in [0.05, 0.1) is 0 Å². The molecule has 0 bridgehead atoms. The van der Waals surface area contributed by atoms with Gasteiger partial charge in [-0.1, -0.05) is 57.8 Å². The van der Waals surface area contributed by atoms with Crippen LogP contribution in [0.25, 0.3) is 22.2 Å². The number of allylic oxidation sites excluding steroid dienone is 2. The van der Waals surface area contributed by atoms with Crippen LogP contribution < -0.4 is 0 Å². The molecule has 0 atom stereocenters. The maximum absolute atomic E-state index is 6.94. The molecular formula is C23H32N2SiTi. The Bertz CT molecular complexity index is 710. The zero-order chi connectivity index (χ0) is 17.3. The molecule has 4 heteroatoms. The largest absolute Gasteiger partial charge is 4.00 e. The quantitative estimate of drug-likeness (QED) is 0.245. The Morgan fingerprint density at radius 1 is 0.963 bits per heavy atom. The molecule has 1 heterocycles. The maximum Gasteiger partial charge on any atom is 4.00 e. The molecule has 4 radical (unpaired) electrons. The van der Waals surface area contributed by atoms with Crippen molar-refractivity contribution in [3.63, 3.8) is 0 Å². The monoisotopic (exact) mass is 412 g/mol. The van der Waals surface area contributed by atoms with Gasteiger partial charge in [0.25, 0.3) is 0 Å². The Kier molecular flexibility index (Phi) is 20.4. The van der Waals surface area contributed by atoms with E-state index >= 15 is 0 Å². The molecule has 3 aromatic rings. The molecule has 0 fully saturated rings. The number of hydrogen-bond donors (Lipinski definition) is 0. The van der Waals surface area contributed by atoms with Crippen LogP contribution in [0.4, 0.5) is 0 Å². The minimum absolute atomic E-state index is 0. The van der Waals surface area contributed by atoms with Gasteiger partial charge in [-0.25, -0.2) is 0 Å². The fourth-order valence-electron chi connectivity index (χ4n) is 1.85. The van der Waals surface area contributed by atoms with E-state index in [-0.39, 0.29) is 53.1 Å². The van der Waals surface area contributed by atoms with Crippen molar-refractivity contribution in [3.8, 4) is 5.69 Å². The summed E-state index contributed by atoms with van der Waals surface area (Å²) in [6, 6.07) is 16.9. The Labute approximate surface area is 186 Å². The van der Waals surface area contributed by atoms with E-state index < -0.39 is 0 Å². The van der Waals surface area contributed by atoms with E-state index in [1.807, 2.05) is 32.9 Å². The van der Waals surface area contributed by atoms with Crippen molar-refractivity contribution in [2.24, 2.45) is 0 Å². The van der Waals surface area contributed by atoms with Crippen LogP contribution in [-0.2, 0) is 21.7 Å². The zero-order valence-corrected chi connectivity index (χ0v) is 19.9. The van der Waals surface area contributed by atoms with Gasteiger partial charge in [-0.2, -0.15) is 0 Å². The molecule has 1 N–H and O–H groups in total. The summed E-state index contributed by atoms with van der Waals surface area (Å²) in [5.74, 6) is 0. The summed E-state index contributed by atoms with van der Waals surface area (Å²) in [4.78, 5) is 0. The van der Waals surface area contributed by atoms with Gasteiger partial charge >= 0.3 is 21.7 Å². The van der Waals surface area contributed by atoms with E-state index in [4.69, 9.17) is 5.73 Å².